The van der Waals surface area contributed by atoms with Crippen molar-refractivity contribution < 1.29 is 19.0 Å². The Labute approximate surface area is 143 Å². The molecule has 130 valence electrons. The van der Waals surface area contributed by atoms with Crippen molar-refractivity contribution in [1.29, 1.82) is 5.26 Å². The second kappa shape index (κ2) is 11.1. The van der Waals surface area contributed by atoms with Crippen LogP contribution in [-0.4, -0.2) is 26.3 Å². The Morgan fingerprint density at radius 2 is 2.00 bits per heavy atom. The largest absolute Gasteiger partial charge is 0.493 e. The van der Waals surface area contributed by atoms with Gasteiger partial charge >= 0.3 is 5.97 Å². The lowest BCUT2D eigenvalue weighted by molar-refractivity contribution is -0.137. The van der Waals surface area contributed by atoms with E-state index in [0.29, 0.717) is 23.7 Å². The molecule has 5 nitrogen and oxygen atoms in total. The second-order valence-corrected chi connectivity index (χ2v) is 5.21. The number of nitrogens with zero attached hydrogens (tertiary/aromatic N) is 1. The monoisotopic (exact) mass is 331 g/mol. The maximum atomic E-state index is 11.7. The molecular weight excluding hydrogens is 306 g/mol. The highest BCUT2D eigenvalue weighted by molar-refractivity contribution is 5.97. The Morgan fingerprint density at radius 3 is 2.62 bits per heavy atom. The van der Waals surface area contributed by atoms with Gasteiger partial charge in [0.1, 0.15) is 11.6 Å². The van der Waals surface area contributed by atoms with Gasteiger partial charge in [-0.2, -0.15) is 5.26 Å². The number of benzene rings is 1. The van der Waals surface area contributed by atoms with E-state index in [0.717, 1.165) is 12.8 Å². The summed E-state index contributed by atoms with van der Waals surface area (Å²) in [5.41, 5.74) is 0.627. The summed E-state index contributed by atoms with van der Waals surface area (Å²) in [6.07, 6.45) is 6.01. The smallest absolute Gasteiger partial charge is 0.348 e. The third kappa shape index (κ3) is 6.33. The van der Waals surface area contributed by atoms with Crippen molar-refractivity contribution in [2.75, 3.05) is 20.3 Å². The van der Waals surface area contributed by atoms with Crippen molar-refractivity contribution in [3.63, 3.8) is 0 Å². The molecule has 24 heavy (non-hydrogen) atoms. The molecule has 0 aliphatic rings. The number of ether oxygens (including phenoxy) is 3. The third-order valence-electron chi connectivity index (χ3n) is 3.37. The van der Waals surface area contributed by atoms with Crippen LogP contribution in [0.15, 0.2) is 23.8 Å². The highest BCUT2D eigenvalue weighted by Crippen LogP contribution is 2.29. The van der Waals surface area contributed by atoms with Gasteiger partial charge in [-0.1, -0.05) is 32.3 Å². The summed E-state index contributed by atoms with van der Waals surface area (Å²) in [6.45, 7) is 4.73. The fraction of sp³-hybridized carbons (Fsp3) is 0.474. The number of esters is 1. The van der Waals surface area contributed by atoms with Gasteiger partial charge in [0.2, 0.25) is 0 Å². The normalized spacial score (nSPS) is 10.8. The number of carbonyl (C=O) groups excluding carboxylic acids is 1. The predicted octanol–water partition coefficient (Wildman–Crippen LogP) is 4.12. The third-order valence-corrected chi connectivity index (χ3v) is 3.37. The SMILES string of the molecule is CCCCCCOc1ccc(/C=C(/C#N)C(=O)OCC)cc1OC. The van der Waals surface area contributed by atoms with Crippen molar-refractivity contribution in [2.45, 2.75) is 39.5 Å². The fourth-order valence-electron chi connectivity index (χ4n) is 2.12. The molecule has 0 unspecified atom stereocenters. The van der Waals surface area contributed by atoms with Crippen LogP contribution in [0.2, 0.25) is 0 Å². The predicted molar refractivity (Wildman–Crippen MR) is 92.9 cm³/mol. The molecule has 0 amide bonds. The van der Waals surface area contributed by atoms with Crippen molar-refractivity contribution in [3.05, 3.63) is 29.3 Å². The molecule has 0 saturated heterocycles. The van der Waals surface area contributed by atoms with Crippen molar-refractivity contribution in [2.24, 2.45) is 0 Å². The average molecular weight is 331 g/mol. The Hall–Kier alpha value is -2.48. The lowest BCUT2D eigenvalue weighted by Gasteiger charge is -2.11. The number of hydrogen-bond donors (Lipinski definition) is 0. The van der Waals surface area contributed by atoms with Crippen LogP contribution < -0.4 is 9.47 Å². The zero-order valence-corrected chi connectivity index (χ0v) is 14.6. The maximum absolute atomic E-state index is 11.7. The molecule has 0 aliphatic heterocycles. The van der Waals surface area contributed by atoms with Gasteiger partial charge in [-0.3, -0.25) is 0 Å². The molecule has 1 rings (SSSR count). The first-order chi connectivity index (χ1) is 11.7. The van der Waals surface area contributed by atoms with Gasteiger partial charge in [0, 0.05) is 0 Å². The van der Waals surface area contributed by atoms with Gasteiger partial charge in [-0.15, -0.1) is 0 Å². The Kier molecular flexibility index (Phi) is 9.06. The minimum absolute atomic E-state index is 0.0489. The molecule has 0 N–H and O–H groups in total. The van der Waals surface area contributed by atoms with Crippen LogP contribution in [0.5, 0.6) is 11.5 Å². The first-order valence-corrected chi connectivity index (χ1v) is 8.26. The lowest BCUT2D eigenvalue weighted by atomic mass is 10.1. The van der Waals surface area contributed by atoms with Crippen LogP contribution in [0.4, 0.5) is 0 Å². The highest BCUT2D eigenvalue weighted by atomic mass is 16.5. The summed E-state index contributed by atoms with van der Waals surface area (Å²) < 4.78 is 15.9. The number of methoxy groups -OCH3 is 1. The topological polar surface area (TPSA) is 68.5 Å². The maximum Gasteiger partial charge on any atom is 0.348 e. The van der Waals surface area contributed by atoms with Gasteiger partial charge in [0.15, 0.2) is 11.5 Å². The van der Waals surface area contributed by atoms with Crippen LogP contribution in [0, 0.1) is 11.3 Å². The number of rotatable bonds is 10. The minimum Gasteiger partial charge on any atom is -0.493 e. The molecule has 0 saturated carbocycles. The Morgan fingerprint density at radius 1 is 1.21 bits per heavy atom. The summed E-state index contributed by atoms with van der Waals surface area (Å²) in [5, 5.41) is 9.08. The second-order valence-electron chi connectivity index (χ2n) is 5.21. The van der Waals surface area contributed by atoms with Crippen LogP contribution in [0.25, 0.3) is 6.08 Å². The quantitative estimate of drug-likeness (QED) is 0.279. The highest BCUT2D eigenvalue weighted by Gasteiger charge is 2.11. The van der Waals surface area contributed by atoms with E-state index in [1.807, 2.05) is 6.07 Å². The fourth-order valence-corrected chi connectivity index (χ4v) is 2.12. The van der Waals surface area contributed by atoms with E-state index in [4.69, 9.17) is 19.5 Å². The molecule has 0 aromatic heterocycles. The molecule has 1 aromatic carbocycles. The van der Waals surface area contributed by atoms with Crippen LogP contribution in [0.1, 0.15) is 45.1 Å². The molecule has 5 heteroatoms. The van der Waals surface area contributed by atoms with E-state index < -0.39 is 5.97 Å². The number of unbranched alkanes of at least 4 members (excludes halogenated alkanes) is 3. The molecule has 0 heterocycles. The molecule has 0 fully saturated rings. The van der Waals surface area contributed by atoms with Gasteiger partial charge in [-0.05, 0) is 37.1 Å². The van der Waals surface area contributed by atoms with E-state index >= 15 is 0 Å². The van der Waals surface area contributed by atoms with Gasteiger partial charge in [0.25, 0.3) is 0 Å². The zero-order valence-electron chi connectivity index (χ0n) is 14.6. The van der Waals surface area contributed by atoms with Crippen molar-refractivity contribution in [3.8, 4) is 17.6 Å². The standard InChI is InChI=1S/C19H25NO4/c1-4-6-7-8-11-24-17-10-9-15(13-18(17)22-3)12-16(14-20)19(21)23-5-2/h9-10,12-13H,4-8,11H2,1-3H3/b16-12-. The molecular formula is C19H25NO4. The molecule has 0 bridgehead atoms. The zero-order chi connectivity index (χ0) is 17.8. The first kappa shape index (κ1) is 19.6. The van der Waals surface area contributed by atoms with E-state index in [-0.39, 0.29) is 12.2 Å². The van der Waals surface area contributed by atoms with Gasteiger partial charge in [-0.25, -0.2) is 4.79 Å². The lowest BCUT2D eigenvalue weighted by Crippen LogP contribution is -2.06. The number of carbonyl (C=O) groups is 1. The van der Waals surface area contributed by atoms with Crippen molar-refractivity contribution in [1.82, 2.24) is 0 Å². The average Bonchev–Trinajstić information content (AvgIpc) is 2.60. The summed E-state index contributed by atoms with van der Waals surface area (Å²) in [4.78, 5) is 11.7. The molecule has 0 atom stereocenters. The summed E-state index contributed by atoms with van der Waals surface area (Å²) in [6, 6.07) is 7.15. The number of nitriles is 1. The van der Waals surface area contributed by atoms with Gasteiger partial charge in [0.05, 0.1) is 20.3 Å². The van der Waals surface area contributed by atoms with E-state index in [1.54, 1.807) is 32.2 Å². The summed E-state index contributed by atoms with van der Waals surface area (Å²) >= 11 is 0. The van der Waals surface area contributed by atoms with Crippen molar-refractivity contribution >= 4 is 12.0 Å². The molecule has 0 aliphatic carbocycles. The molecule has 0 spiro atoms. The molecule has 0 radical (unpaired) electrons. The summed E-state index contributed by atoms with van der Waals surface area (Å²) in [5.74, 6) is 0.594. The van der Waals surface area contributed by atoms with Crippen LogP contribution in [-0.2, 0) is 9.53 Å². The number of hydrogen-bond acceptors (Lipinski definition) is 5. The van der Waals surface area contributed by atoms with E-state index in [9.17, 15) is 4.79 Å². The minimum atomic E-state index is -0.629. The summed E-state index contributed by atoms with van der Waals surface area (Å²) in [7, 11) is 1.56. The van der Waals surface area contributed by atoms with E-state index in [2.05, 4.69) is 6.92 Å². The Bertz CT molecular complexity index is 602. The van der Waals surface area contributed by atoms with Crippen LogP contribution >= 0.6 is 0 Å². The van der Waals surface area contributed by atoms with Gasteiger partial charge < -0.3 is 14.2 Å². The molecule has 1 aromatic rings. The Balaban J connectivity index is 2.82. The van der Waals surface area contributed by atoms with Crippen LogP contribution in [0.3, 0.4) is 0 Å². The van der Waals surface area contributed by atoms with E-state index in [1.165, 1.54) is 18.9 Å². The first-order valence-electron chi connectivity index (χ1n) is 8.26.